The average Bonchev–Trinajstić information content (AvgIpc) is 3.41. The van der Waals surface area contributed by atoms with E-state index in [1.807, 2.05) is 0 Å². The number of alkyl halides is 4. The molecule has 0 bridgehead atoms. The number of amides is 3. The van der Waals surface area contributed by atoms with Crippen LogP contribution in [-0.2, 0) is 19.8 Å². The van der Waals surface area contributed by atoms with Gasteiger partial charge in [-0.3, -0.25) is 14.4 Å². The van der Waals surface area contributed by atoms with Gasteiger partial charge in [0.25, 0.3) is 0 Å². The van der Waals surface area contributed by atoms with Gasteiger partial charge >= 0.3 is 6.36 Å². The Kier molecular flexibility index (Phi) is 6.34. The van der Waals surface area contributed by atoms with E-state index < -0.39 is 53.5 Å². The van der Waals surface area contributed by atoms with Gasteiger partial charge in [0.2, 0.25) is 17.7 Å². The summed E-state index contributed by atoms with van der Waals surface area (Å²) < 4.78 is 55.1. The van der Waals surface area contributed by atoms with Crippen molar-refractivity contribution in [3.63, 3.8) is 0 Å². The Morgan fingerprint density at radius 2 is 1.91 bits per heavy atom. The zero-order chi connectivity index (χ0) is 23.7. The highest BCUT2D eigenvalue weighted by atomic mass is 19.4. The number of terminal acetylenes is 1. The highest BCUT2D eigenvalue weighted by Crippen LogP contribution is 2.51. The zero-order valence-electron chi connectivity index (χ0n) is 16.8. The minimum absolute atomic E-state index is 0.236. The van der Waals surface area contributed by atoms with Gasteiger partial charge in [0.05, 0.1) is 24.4 Å². The monoisotopic (exact) mass is 455 g/mol. The van der Waals surface area contributed by atoms with Gasteiger partial charge in [-0.05, 0) is 30.5 Å². The molecule has 3 atom stereocenters. The van der Waals surface area contributed by atoms with Crippen LogP contribution in [0.5, 0.6) is 5.75 Å². The second kappa shape index (κ2) is 8.68. The van der Waals surface area contributed by atoms with Gasteiger partial charge in [-0.15, -0.1) is 19.6 Å². The molecule has 0 spiro atoms. The molecule has 1 aromatic rings. The second-order valence-corrected chi connectivity index (χ2v) is 7.86. The van der Waals surface area contributed by atoms with Crippen molar-refractivity contribution in [1.82, 2.24) is 10.2 Å². The molecule has 3 amide bonds. The number of nitrogens with two attached hydrogens (primary N) is 1. The van der Waals surface area contributed by atoms with E-state index in [0.717, 1.165) is 17.0 Å². The zero-order valence-corrected chi connectivity index (χ0v) is 16.8. The Labute approximate surface area is 181 Å². The molecule has 2 aliphatic rings. The molecule has 2 fully saturated rings. The topological polar surface area (TPSA) is 102 Å². The lowest BCUT2D eigenvalue weighted by atomic mass is 9.93. The third-order valence-corrected chi connectivity index (χ3v) is 5.54. The smallest absolute Gasteiger partial charge is 0.406 e. The first-order valence-corrected chi connectivity index (χ1v) is 9.81. The number of primary amides is 1. The van der Waals surface area contributed by atoms with Crippen LogP contribution in [0.15, 0.2) is 24.3 Å². The number of benzene rings is 1. The molecule has 32 heavy (non-hydrogen) atoms. The second-order valence-electron chi connectivity index (χ2n) is 7.86. The van der Waals surface area contributed by atoms with Crippen molar-refractivity contribution in [3.8, 4) is 18.1 Å². The number of carbonyl (C=O) groups is 3. The Morgan fingerprint density at radius 3 is 2.41 bits per heavy atom. The fraction of sp³-hybridized carbons (Fsp3) is 0.476. The summed E-state index contributed by atoms with van der Waals surface area (Å²) in [4.78, 5) is 38.2. The maximum atomic E-state index is 14.2. The number of carbonyl (C=O) groups excluding carboxylic acids is 3. The van der Waals surface area contributed by atoms with Gasteiger partial charge in [-0.25, -0.2) is 4.39 Å². The van der Waals surface area contributed by atoms with E-state index in [4.69, 9.17) is 12.2 Å². The number of rotatable bonds is 7. The minimum Gasteiger partial charge on any atom is -0.406 e. The molecular formula is C21H21F4N3O4. The van der Waals surface area contributed by atoms with Gasteiger partial charge in [-0.2, -0.15) is 0 Å². The van der Waals surface area contributed by atoms with Crippen molar-refractivity contribution in [2.24, 2.45) is 5.73 Å². The quantitative estimate of drug-likeness (QED) is 0.481. The molecule has 0 aromatic heterocycles. The van der Waals surface area contributed by atoms with E-state index in [2.05, 4.69) is 16.0 Å². The van der Waals surface area contributed by atoms with Crippen molar-refractivity contribution >= 4 is 17.7 Å². The lowest BCUT2D eigenvalue weighted by molar-refractivity contribution is -0.274. The van der Waals surface area contributed by atoms with Crippen molar-refractivity contribution < 1.29 is 36.7 Å². The molecular weight excluding hydrogens is 434 g/mol. The van der Waals surface area contributed by atoms with Crippen molar-refractivity contribution in [1.29, 1.82) is 0 Å². The number of hydrogen-bond donors (Lipinski definition) is 2. The normalized spacial score (nSPS) is 22.5. The molecule has 0 radical (unpaired) electrons. The minimum atomic E-state index is -4.84. The molecule has 1 aliphatic carbocycles. The molecule has 3 unspecified atom stereocenters. The Morgan fingerprint density at radius 1 is 1.28 bits per heavy atom. The molecule has 1 aromatic carbocycles. The molecule has 1 saturated carbocycles. The predicted molar refractivity (Wildman–Crippen MR) is 104 cm³/mol. The Hall–Kier alpha value is -3.29. The summed E-state index contributed by atoms with van der Waals surface area (Å²) >= 11 is 0. The molecule has 172 valence electrons. The lowest BCUT2D eigenvalue weighted by Crippen LogP contribution is -2.51. The first-order valence-electron chi connectivity index (χ1n) is 9.81. The van der Waals surface area contributed by atoms with Gasteiger partial charge in [0.15, 0.2) is 0 Å². The molecule has 1 aliphatic heterocycles. The molecule has 1 saturated heterocycles. The third-order valence-electron chi connectivity index (χ3n) is 5.54. The van der Waals surface area contributed by atoms with Crippen LogP contribution in [-0.4, -0.2) is 53.8 Å². The Balaban J connectivity index is 1.75. The molecule has 7 nitrogen and oxygen atoms in total. The maximum absolute atomic E-state index is 14.2. The number of likely N-dealkylation sites (tertiary alicyclic amines) is 1. The van der Waals surface area contributed by atoms with Crippen LogP contribution in [0.2, 0.25) is 0 Å². The van der Waals surface area contributed by atoms with Crippen molar-refractivity contribution in [3.05, 3.63) is 29.8 Å². The van der Waals surface area contributed by atoms with Crippen molar-refractivity contribution in [2.75, 3.05) is 6.54 Å². The van der Waals surface area contributed by atoms with Crippen molar-refractivity contribution in [2.45, 2.75) is 55.7 Å². The summed E-state index contributed by atoms with van der Waals surface area (Å²) in [5.74, 6) is -0.142. The van der Waals surface area contributed by atoms with Crippen LogP contribution < -0.4 is 15.8 Å². The third kappa shape index (κ3) is 5.12. The fourth-order valence-electron chi connectivity index (χ4n) is 3.88. The summed E-state index contributed by atoms with van der Waals surface area (Å²) in [6, 6.07) is 2.78. The van der Waals surface area contributed by atoms with E-state index in [9.17, 15) is 31.9 Å². The summed E-state index contributed by atoms with van der Waals surface area (Å²) in [5.41, 5.74) is 4.50. The maximum Gasteiger partial charge on any atom is 0.573 e. The number of halogens is 4. The first-order chi connectivity index (χ1) is 14.9. The van der Waals surface area contributed by atoms with Crippen LogP contribution >= 0.6 is 0 Å². The lowest BCUT2D eigenvalue weighted by Gasteiger charge is -2.29. The summed E-state index contributed by atoms with van der Waals surface area (Å²) in [5, 5.41) is 2.43. The molecule has 3 rings (SSSR count). The van der Waals surface area contributed by atoms with Crippen LogP contribution in [0.25, 0.3) is 0 Å². The van der Waals surface area contributed by atoms with Gasteiger partial charge in [0, 0.05) is 6.42 Å². The SMILES string of the molecule is C#CC(CC(N)=O)NC(=O)C1CC(F)CN1C(=O)C1(c2ccc(OC(F)(F)F)cc2)CC1. The number of hydrogen-bond acceptors (Lipinski definition) is 4. The highest BCUT2D eigenvalue weighted by molar-refractivity contribution is 5.96. The summed E-state index contributed by atoms with van der Waals surface area (Å²) in [6.45, 7) is -0.301. The standard InChI is InChI=1S/C21H21F4N3O4/c1-2-14(10-17(26)29)27-18(30)16-9-13(22)11-28(16)19(31)20(7-8-20)12-3-5-15(6-4-12)32-21(23,24)25/h1,3-6,13-14,16H,7-11H2,(H2,26,29)(H,27,30). The average molecular weight is 455 g/mol. The van der Waals surface area contributed by atoms with Gasteiger partial charge < -0.3 is 20.7 Å². The van der Waals surface area contributed by atoms with Gasteiger partial charge in [0.1, 0.15) is 18.0 Å². The van der Waals surface area contributed by atoms with Crippen LogP contribution in [0.4, 0.5) is 17.6 Å². The van der Waals surface area contributed by atoms with Crippen LogP contribution in [0.1, 0.15) is 31.2 Å². The summed E-state index contributed by atoms with van der Waals surface area (Å²) in [6.07, 6.45) is -0.725. The molecule has 1 heterocycles. The van der Waals surface area contributed by atoms with Crippen LogP contribution in [0.3, 0.4) is 0 Å². The van der Waals surface area contributed by atoms with Crippen LogP contribution in [0, 0.1) is 12.3 Å². The fourth-order valence-corrected chi connectivity index (χ4v) is 3.88. The highest BCUT2D eigenvalue weighted by Gasteiger charge is 2.56. The van der Waals surface area contributed by atoms with Gasteiger partial charge in [-0.1, -0.05) is 18.1 Å². The summed E-state index contributed by atoms with van der Waals surface area (Å²) in [7, 11) is 0. The van der Waals surface area contributed by atoms with E-state index in [-0.39, 0.29) is 19.4 Å². The van der Waals surface area contributed by atoms with E-state index in [1.54, 1.807) is 0 Å². The predicted octanol–water partition coefficient (Wildman–Crippen LogP) is 1.55. The number of ether oxygens (including phenoxy) is 1. The first kappa shape index (κ1) is 23.4. The van der Waals surface area contributed by atoms with E-state index in [1.165, 1.54) is 12.1 Å². The Bertz CT molecular complexity index is 938. The van der Waals surface area contributed by atoms with E-state index >= 15 is 0 Å². The number of nitrogens with zero attached hydrogens (tertiary/aromatic N) is 1. The largest absolute Gasteiger partial charge is 0.573 e. The number of nitrogens with one attached hydrogen (secondary N) is 1. The molecule has 11 heteroatoms. The van der Waals surface area contributed by atoms with E-state index in [0.29, 0.717) is 18.4 Å². The molecule has 3 N–H and O–H groups in total.